The van der Waals surface area contributed by atoms with Crippen LogP contribution in [0.5, 0.6) is 0 Å². The van der Waals surface area contributed by atoms with Crippen LogP contribution in [0.15, 0.2) is 93.5 Å². The lowest BCUT2D eigenvalue weighted by Gasteiger charge is -2.27. The standard InChI is InChI=1S/C27H22ClN5O4/c1-15-23(25(36)30-17-8-6-7-16(13-17)14-22(34)35)24(18-9-2-3-10-19(18)28)32-26(29-15)33-27-31-20-11-4-5-12-21(20)37-27/h2-13,24H,14H2,1H3,(H,30,36)(H,34,35)(H2,29,31,32,33). The largest absolute Gasteiger partial charge is 0.481 e. The number of oxazole rings is 1. The predicted octanol–water partition coefficient (Wildman–Crippen LogP) is 5.13. The summed E-state index contributed by atoms with van der Waals surface area (Å²) in [6, 6.07) is 20.8. The van der Waals surface area contributed by atoms with Gasteiger partial charge in [-0.25, -0.2) is 4.99 Å². The van der Waals surface area contributed by atoms with Gasteiger partial charge in [-0.1, -0.05) is 54.1 Å². The number of aliphatic carboxylic acids is 1. The Balaban J connectivity index is 1.46. The molecule has 3 aromatic carbocycles. The number of nitrogens with one attached hydrogen (secondary N) is 3. The molecular weight excluding hydrogens is 494 g/mol. The van der Waals surface area contributed by atoms with Crippen LogP contribution < -0.4 is 16.0 Å². The fourth-order valence-corrected chi connectivity index (χ4v) is 4.35. The number of allylic oxidation sites excluding steroid dienone is 1. The Morgan fingerprint density at radius 1 is 1.08 bits per heavy atom. The molecule has 1 aliphatic heterocycles. The molecule has 4 N–H and O–H groups in total. The van der Waals surface area contributed by atoms with Crippen molar-refractivity contribution in [3.8, 4) is 0 Å². The zero-order chi connectivity index (χ0) is 25.9. The van der Waals surface area contributed by atoms with Crippen LogP contribution in [0.1, 0.15) is 24.1 Å². The third-order valence-corrected chi connectivity index (χ3v) is 6.09. The van der Waals surface area contributed by atoms with Crippen LogP contribution in [-0.4, -0.2) is 27.9 Å². The van der Waals surface area contributed by atoms with E-state index in [-0.39, 0.29) is 12.4 Å². The van der Waals surface area contributed by atoms with Gasteiger partial charge in [-0.2, -0.15) is 4.98 Å². The zero-order valence-electron chi connectivity index (χ0n) is 19.7. The molecule has 0 fully saturated rings. The molecule has 1 aromatic heterocycles. The zero-order valence-corrected chi connectivity index (χ0v) is 20.4. The van der Waals surface area contributed by atoms with E-state index in [2.05, 4.69) is 20.9 Å². The van der Waals surface area contributed by atoms with Gasteiger partial charge in [-0.15, -0.1) is 0 Å². The normalized spacial score (nSPS) is 15.2. The highest BCUT2D eigenvalue weighted by atomic mass is 35.5. The average molecular weight is 516 g/mol. The van der Waals surface area contributed by atoms with Gasteiger partial charge in [0.15, 0.2) is 5.58 Å². The molecule has 10 heteroatoms. The summed E-state index contributed by atoms with van der Waals surface area (Å²) in [5.41, 5.74) is 3.93. The lowest BCUT2D eigenvalue weighted by atomic mass is 9.95. The first-order valence-corrected chi connectivity index (χ1v) is 11.8. The van der Waals surface area contributed by atoms with Crippen molar-refractivity contribution in [3.63, 3.8) is 0 Å². The number of nitrogens with zero attached hydrogens (tertiary/aromatic N) is 2. The summed E-state index contributed by atoms with van der Waals surface area (Å²) in [7, 11) is 0. The summed E-state index contributed by atoms with van der Waals surface area (Å²) >= 11 is 6.52. The van der Waals surface area contributed by atoms with E-state index in [9.17, 15) is 9.59 Å². The van der Waals surface area contributed by atoms with Gasteiger partial charge in [0.05, 0.1) is 12.0 Å². The molecule has 0 aliphatic carbocycles. The topological polar surface area (TPSA) is 129 Å². The van der Waals surface area contributed by atoms with Crippen molar-refractivity contribution < 1.29 is 19.1 Å². The molecule has 37 heavy (non-hydrogen) atoms. The number of guanidine groups is 1. The minimum atomic E-state index is -0.953. The number of carboxylic acids is 1. The van der Waals surface area contributed by atoms with E-state index in [1.165, 1.54) is 0 Å². The van der Waals surface area contributed by atoms with Crippen LogP contribution in [0.25, 0.3) is 11.1 Å². The van der Waals surface area contributed by atoms with Gasteiger partial charge in [0.2, 0.25) is 5.96 Å². The third-order valence-electron chi connectivity index (χ3n) is 5.75. The lowest BCUT2D eigenvalue weighted by molar-refractivity contribution is -0.136. The molecule has 0 radical (unpaired) electrons. The van der Waals surface area contributed by atoms with Gasteiger partial charge in [0.25, 0.3) is 5.91 Å². The molecule has 1 atom stereocenters. The number of carbonyl (C=O) groups is 2. The number of carboxylic acid groups (broad SMARTS) is 1. The third kappa shape index (κ3) is 5.31. The van der Waals surface area contributed by atoms with E-state index in [1.54, 1.807) is 43.3 Å². The Morgan fingerprint density at radius 2 is 1.86 bits per heavy atom. The Bertz CT molecular complexity index is 1540. The number of halogens is 1. The van der Waals surface area contributed by atoms with Gasteiger partial charge >= 0.3 is 12.0 Å². The maximum atomic E-state index is 13.5. The molecule has 1 amide bonds. The average Bonchev–Trinajstić information content (AvgIpc) is 3.26. The van der Waals surface area contributed by atoms with E-state index in [0.29, 0.717) is 50.2 Å². The van der Waals surface area contributed by atoms with Gasteiger partial charge in [-0.05, 0) is 42.8 Å². The van der Waals surface area contributed by atoms with Crippen molar-refractivity contribution in [3.05, 3.63) is 100 Å². The van der Waals surface area contributed by atoms with Crippen molar-refractivity contribution in [1.82, 2.24) is 10.3 Å². The molecule has 4 aromatic rings. The summed E-state index contributed by atoms with van der Waals surface area (Å²) in [6.45, 7) is 1.77. The second-order valence-corrected chi connectivity index (χ2v) is 8.81. The number of benzene rings is 3. The van der Waals surface area contributed by atoms with Crippen LogP contribution in [0, 0.1) is 0 Å². The Labute approximate surface area is 216 Å². The minimum Gasteiger partial charge on any atom is -0.481 e. The van der Waals surface area contributed by atoms with Crippen molar-refractivity contribution >= 4 is 52.2 Å². The van der Waals surface area contributed by atoms with E-state index in [0.717, 1.165) is 0 Å². The van der Waals surface area contributed by atoms with Crippen LogP contribution >= 0.6 is 11.6 Å². The highest BCUT2D eigenvalue weighted by Gasteiger charge is 2.31. The number of fused-ring (bicyclic) bond motifs is 1. The second kappa shape index (κ2) is 10.2. The number of aromatic nitrogens is 1. The maximum Gasteiger partial charge on any atom is 0.307 e. The van der Waals surface area contributed by atoms with E-state index in [4.69, 9.17) is 26.1 Å². The quantitative estimate of drug-likeness (QED) is 0.280. The van der Waals surface area contributed by atoms with Gasteiger partial charge in [0.1, 0.15) is 11.6 Å². The van der Waals surface area contributed by atoms with Gasteiger partial charge in [0, 0.05) is 22.0 Å². The number of anilines is 2. The van der Waals surface area contributed by atoms with Crippen LogP contribution in [0.3, 0.4) is 0 Å². The molecular formula is C27H22ClN5O4. The number of hydrogen-bond donors (Lipinski definition) is 4. The molecule has 0 saturated heterocycles. The number of rotatable bonds is 6. The Hall–Kier alpha value is -4.63. The summed E-state index contributed by atoms with van der Waals surface area (Å²) in [5, 5.41) is 18.6. The van der Waals surface area contributed by atoms with Crippen LogP contribution in [0.4, 0.5) is 11.7 Å². The first-order chi connectivity index (χ1) is 17.9. The lowest BCUT2D eigenvalue weighted by Crippen LogP contribution is -2.37. The number of para-hydroxylation sites is 2. The first-order valence-electron chi connectivity index (χ1n) is 11.4. The monoisotopic (exact) mass is 515 g/mol. The Kier molecular flexibility index (Phi) is 6.61. The molecule has 0 bridgehead atoms. The molecule has 1 aliphatic rings. The minimum absolute atomic E-state index is 0.148. The van der Waals surface area contributed by atoms with Crippen molar-refractivity contribution in [2.45, 2.75) is 19.4 Å². The molecule has 5 rings (SSSR count). The molecule has 0 saturated carbocycles. The van der Waals surface area contributed by atoms with E-state index >= 15 is 0 Å². The fourth-order valence-electron chi connectivity index (χ4n) is 4.11. The van der Waals surface area contributed by atoms with E-state index < -0.39 is 17.9 Å². The molecule has 2 heterocycles. The highest BCUT2D eigenvalue weighted by molar-refractivity contribution is 6.31. The summed E-state index contributed by atoms with van der Waals surface area (Å²) in [5.74, 6) is -1.01. The number of aliphatic imine (C=N–C) groups is 1. The number of carbonyl (C=O) groups excluding carboxylic acids is 1. The second-order valence-electron chi connectivity index (χ2n) is 8.40. The van der Waals surface area contributed by atoms with Crippen molar-refractivity contribution in [2.75, 3.05) is 10.6 Å². The van der Waals surface area contributed by atoms with Crippen molar-refractivity contribution in [2.24, 2.45) is 4.99 Å². The number of amides is 1. The molecule has 9 nitrogen and oxygen atoms in total. The summed E-state index contributed by atoms with van der Waals surface area (Å²) in [6.07, 6.45) is -0.148. The summed E-state index contributed by atoms with van der Waals surface area (Å²) < 4.78 is 5.76. The predicted molar refractivity (Wildman–Crippen MR) is 142 cm³/mol. The molecule has 1 unspecified atom stereocenters. The van der Waals surface area contributed by atoms with Crippen LogP contribution in [-0.2, 0) is 16.0 Å². The fraction of sp³-hybridized carbons (Fsp3) is 0.111. The SMILES string of the molecule is CC1=C(C(=O)Nc2cccc(CC(=O)O)c2)C(c2ccccc2Cl)N=C(Nc2nc3ccccc3o2)N1. The number of hydrogen-bond acceptors (Lipinski definition) is 7. The van der Waals surface area contributed by atoms with Crippen LogP contribution in [0.2, 0.25) is 5.02 Å². The smallest absolute Gasteiger partial charge is 0.307 e. The first kappa shape index (κ1) is 24.1. The molecule has 0 spiro atoms. The Morgan fingerprint density at radius 3 is 2.65 bits per heavy atom. The van der Waals surface area contributed by atoms with Gasteiger partial charge < -0.3 is 20.2 Å². The maximum absolute atomic E-state index is 13.5. The van der Waals surface area contributed by atoms with Crippen molar-refractivity contribution in [1.29, 1.82) is 0 Å². The van der Waals surface area contributed by atoms with E-state index in [1.807, 2.05) is 36.4 Å². The highest BCUT2D eigenvalue weighted by Crippen LogP contribution is 2.35. The van der Waals surface area contributed by atoms with Gasteiger partial charge in [-0.3, -0.25) is 14.9 Å². The molecule has 186 valence electrons. The summed E-state index contributed by atoms with van der Waals surface area (Å²) in [4.78, 5) is 33.8.